The molecule has 5 heteroatoms. The van der Waals surface area contributed by atoms with Gasteiger partial charge in [0.2, 0.25) is 0 Å². The lowest BCUT2D eigenvalue weighted by molar-refractivity contribution is -0.136. The lowest BCUT2D eigenvalue weighted by Crippen LogP contribution is -2.08. The zero-order chi connectivity index (χ0) is 10.8. The molecule has 0 spiro atoms. The number of alkyl halides is 3. The van der Waals surface area contributed by atoms with Gasteiger partial charge in [0.15, 0.2) is 0 Å². The number of benzene rings is 1. The molecule has 78 valence electrons. The first-order valence-corrected chi connectivity index (χ1v) is 5.29. The second-order valence-electron chi connectivity index (χ2n) is 2.85. The summed E-state index contributed by atoms with van der Waals surface area (Å²) in [6.07, 6.45) is -2.48. The van der Waals surface area contributed by atoms with Crippen LogP contribution in [0.2, 0.25) is 0 Å². The van der Waals surface area contributed by atoms with Crippen molar-refractivity contribution in [2.45, 2.75) is 11.9 Å². The lowest BCUT2D eigenvalue weighted by Gasteiger charge is -2.10. The number of nitrogens with two attached hydrogens (primary N) is 1. The second-order valence-corrected chi connectivity index (χ2v) is 3.72. The normalized spacial score (nSPS) is 11.7. The molecular formula is C9H10F3NS. The van der Waals surface area contributed by atoms with E-state index >= 15 is 0 Å². The average molecular weight is 221 g/mol. The zero-order valence-corrected chi connectivity index (χ0v) is 8.38. The number of anilines is 1. The Labute approximate surface area is 84.5 Å². The largest absolute Gasteiger partial charge is 0.418 e. The molecule has 0 aliphatic rings. The van der Waals surface area contributed by atoms with Gasteiger partial charge in [-0.05, 0) is 24.0 Å². The van der Waals surface area contributed by atoms with Crippen LogP contribution in [0.15, 0.2) is 18.2 Å². The smallest absolute Gasteiger partial charge is 0.398 e. The number of hydrogen-bond donors (Lipinski definition) is 1. The summed E-state index contributed by atoms with van der Waals surface area (Å²) < 4.78 is 36.8. The number of halogens is 3. The highest BCUT2D eigenvalue weighted by Gasteiger charge is 2.32. The summed E-state index contributed by atoms with van der Waals surface area (Å²) in [6.45, 7) is 0. The molecule has 1 nitrogen and oxygen atoms in total. The molecule has 2 N–H and O–H groups in total. The number of nitrogen functional groups attached to an aromatic ring is 1. The molecule has 0 bridgehead atoms. The molecule has 0 saturated carbocycles. The van der Waals surface area contributed by atoms with Gasteiger partial charge >= 0.3 is 6.18 Å². The molecule has 1 rings (SSSR count). The van der Waals surface area contributed by atoms with Crippen molar-refractivity contribution < 1.29 is 13.2 Å². The molecule has 0 heterocycles. The van der Waals surface area contributed by atoms with Crippen molar-refractivity contribution in [3.63, 3.8) is 0 Å². The number of hydrogen-bond acceptors (Lipinski definition) is 2. The quantitative estimate of drug-likeness (QED) is 0.776. The van der Waals surface area contributed by atoms with Crippen LogP contribution < -0.4 is 5.73 Å². The first-order valence-electron chi connectivity index (χ1n) is 3.89. The Morgan fingerprint density at radius 1 is 1.36 bits per heavy atom. The van der Waals surface area contributed by atoms with Crippen LogP contribution in [0.3, 0.4) is 0 Å². The highest BCUT2D eigenvalue weighted by atomic mass is 32.2. The van der Waals surface area contributed by atoms with E-state index in [1.54, 1.807) is 0 Å². The first kappa shape index (κ1) is 11.2. The summed E-state index contributed by atoms with van der Waals surface area (Å²) in [6, 6.07) is 3.86. The Balaban J connectivity index is 3.02. The van der Waals surface area contributed by atoms with E-state index in [9.17, 15) is 13.2 Å². The van der Waals surface area contributed by atoms with Crippen molar-refractivity contribution in [2.75, 3.05) is 12.0 Å². The predicted octanol–water partition coefficient (Wildman–Crippen LogP) is 3.15. The van der Waals surface area contributed by atoms with Crippen molar-refractivity contribution in [1.29, 1.82) is 0 Å². The maximum atomic E-state index is 12.3. The van der Waals surface area contributed by atoms with Gasteiger partial charge in [0, 0.05) is 11.4 Å². The van der Waals surface area contributed by atoms with Crippen molar-refractivity contribution in [2.24, 2.45) is 0 Å². The van der Waals surface area contributed by atoms with Gasteiger partial charge in [-0.15, -0.1) is 0 Å². The molecule has 0 aromatic heterocycles. The van der Waals surface area contributed by atoms with Crippen molar-refractivity contribution in [3.05, 3.63) is 29.3 Å². The molecule has 0 unspecified atom stereocenters. The van der Waals surface area contributed by atoms with Gasteiger partial charge in [-0.25, -0.2) is 0 Å². The maximum Gasteiger partial charge on any atom is 0.418 e. The van der Waals surface area contributed by atoms with Crippen LogP contribution in [0.25, 0.3) is 0 Å². The number of rotatable bonds is 2. The van der Waals surface area contributed by atoms with E-state index in [-0.39, 0.29) is 5.69 Å². The molecule has 0 radical (unpaired) electrons. The second kappa shape index (κ2) is 4.13. The van der Waals surface area contributed by atoms with Crippen molar-refractivity contribution in [1.82, 2.24) is 0 Å². The minimum atomic E-state index is -4.36. The third-order valence-corrected chi connectivity index (χ3v) is 2.35. The number of thioether (sulfide) groups is 1. The van der Waals surface area contributed by atoms with Gasteiger partial charge in [0.25, 0.3) is 0 Å². The van der Waals surface area contributed by atoms with Gasteiger partial charge in [0.1, 0.15) is 0 Å². The highest BCUT2D eigenvalue weighted by Crippen LogP contribution is 2.34. The van der Waals surface area contributed by atoms with Gasteiger partial charge in [0.05, 0.1) is 5.56 Å². The van der Waals surface area contributed by atoms with Gasteiger partial charge < -0.3 is 5.73 Å². The van der Waals surface area contributed by atoms with E-state index in [4.69, 9.17) is 5.73 Å². The fourth-order valence-electron chi connectivity index (χ4n) is 1.13. The summed E-state index contributed by atoms with van der Waals surface area (Å²) in [5.74, 6) is 0.669. The van der Waals surface area contributed by atoms with Crippen LogP contribution in [0, 0.1) is 0 Å². The van der Waals surface area contributed by atoms with E-state index in [0.29, 0.717) is 5.75 Å². The van der Waals surface area contributed by atoms with E-state index < -0.39 is 11.7 Å². The Kier molecular flexibility index (Phi) is 3.31. The molecule has 1 aromatic rings. The fraction of sp³-hybridized carbons (Fsp3) is 0.333. The Morgan fingerprint density at radius 2 is 2.00 bits per heavy atom. The summed E-state index contributed by atoms with van der Waals surface area (Å²) >= 11 is 1.54. The van der Waals surface area contributed by atoms with E-state index in [1.165, 1.54) is 23.9 Å². The van der Waals surface area contributed by atoms with Gasteiger partial charge in [-0.2, -0.15) is 24.9 Å². The molecular weight excluding hydrogens is 211 g/mol. The zero-order valence-electron chi connectivity index (χ0n) is 7.56. The van der Waals surface area contributed by atoms with Crippen LogP contribution in [0.1, 0.15) is 11.1 Å². The van der Waals surface area contributed by atoms with Gasteiger partial charge in [-0.3, -0.25) is 0 Å². The Hall–Kier alpha value is -0.840. The molecule has 0 atom stereocenters. The van der Waals surface area contributed by atoms with Crippen molar-refractivity contribution >= 4 is 17.4 Å². The molecule has 0 saturated heterocycles. The minimum Gasteiger partial charge on any atom is -0.398 e. The third-order valence-electron chi connectivity index (χ3n) is 1.73. The maximum absolute atomic E-state index is 12.3. The fourth-order valence-corrected chi connectivity index (χ4v) is 1.64. The van der Waals surface area contributed by atoms with Crippen LogP contribution in [-0.2, 0) is 11.9 Å². The topological polar surface area (TPSA) is 26.0 Å². The molecule has 14 heavy (non-hydrogen) atoms. The average Bonchev–Trinajstić information content (AvgIpc) is 2.02. The van der Waals surface area contributed by atoms with Crippen LogP contribution in [-0.4, -0.2) is 6.26 Å². The van der Waals surface area contributed by atoms with E-state index in [1.807, 2.05) is 6.26 Å². The molecule has 0 aliphatic carbocycles. The summed E-state index contributed by atoms with van der Waals surface area (Å²) in [7, 11) is 0. The predicted molar refractivity (Wildman–Crippen MR) is 53.1 cm³/mol. The van der Waals surface area contributed by atoms with E-state index in [0.717, 1.165) is 11.6 Å². The third kappa shape index (κ3) is 2.57. The van der Waals surface area contributed by atoms with Gasteiger partial charge in [-0.1, -0.05) is 6.07 Å². The standard InChI is InChI=1S/C9H10F3NS/c1-14-5-6-2-3-7(8(13)4-6)9(10,11)12/h2-4H,5,13H2,1H3. The minimum absolute atomic E-state index is 0.205. The Bertz CT molecular complexity index is 322. The van der Waals surface area contributed by atoms with Crippen LogP contribution in [0.5, 0.6) is 0 Å². The monoisotopic (exact) mass is 221 g/mol. The van der Waals surface area contributed by atoms with Crippen LogP contribution in [0.4, 0.5) is 18.9 Å². The molecule has 0 amide bonds. The first-order chi connectivity index (χ1) is 6.45. The summed E-state index contributed by atoms with van der Waals surface area (Å²) in [5.41, 5.74) is 5.15. The summed E-state index contributed by atoms with van der Waals surface area (Å²) in [4.78, 5) is 0. The van der Waals surface area contributed by atoms with E-state index in [2.05, 4.69) is 0 Å². The molecule has 1 aromatic carbocycles. The molecule has 0 fully saturated rings. The van der Waals surface area contributed by atoms with Crippen molar-refractivity contribution in [3.8, 4) is 0 Å². The summed E-state index contributed by atoms with van der Waals surface area (Å²) in [5, 5.41) is 0. The molecule has 0 aliphatic heterocycles. The lowest BCUT2D eigenvalue weighted by atomic mass is 10.1. The Morgan fingerprint density at radius 3 is 2.43 bits per heavy atom. The SMILES string of the molecule is CSCc1ccc(C(F)(F)F)c(N)c1. The van der Waals surface area contributed by atoms with Crippen LogP contribution >= 0.6 is 11.8 Å². The highest BCUT2D eigenvalue weighted by molar-refractivity contribution is 7.97.